The van der Waals surface area contributed by atoms with Gasteiger partial charge in [0.2, 0.25) is 5.91 Å². The van der Waals surface area contributed by atoms with Crippen molar-refractivity contribution in [2.45, 2.75) is 63.7 Å². The Morgan fingerprint density at radius 2 is 1.97 bits per heavy atom. The fraction of sp³-hybridized carbons (Fsp3) is 0.667. The minimum atomic E-state index is -4.40. The summed E-state index contributed by atoms with van der Waals surface area (Å²) < 4.78 is 39.0. The maximum absolute atomic E-state index is 13.1. The predicted molar refractivity (Wildman–Crippen MR) is 120 cm³/mol. The molecule has 4 unspecified atom stereocenters. The first-order chi connectivity index (χ1) is 15.8. The van der Waals surface area contributed by atoms with Crippen molar-refractivity contribution in [1.82, 2.24) is 15.2 Å². The summed E-state index contributed by atoms with van der Waals surface area (Å²) in [6.45, 7) is 4.12. The fourth-order valence-electron chi connectivity index (χ4n) is 5.52. The van der Waals surface area contributed by atoms with Crippen molar-refractivity contribution in [2.75, 3.05) is 31.1 Å². The van der Waals surface area contributed by atoms with E-state index in [0.29, 0.717) is 37.9 Å². The third kappa shape index (κ3) is 5.45. The van der Waals surface area contributed by atoms with Crippen LogP contribution in [0.15, 0.2) is 30.2 Å². The number of hydrogen-bond acceptors (Lipinski definition) is 5. The lowest BCUT2D eigenvalue weighted by atomic mass is 9.82. The lowest BCUT2D eigenvalue weighted by molar-refractivity contribution is -0.137. The fourth-order valence-corrected chi connectivity index (χ4v) is 5.52. The monoisotopic (exact) mass is 466 g/mol. The second-order valence-electron chi connectivity index (χ2n) is 9.64. The van der Waals surface area contributed by atoms with Gasteiger partial charge in [-0.25, -0.2) is 4.98 Å². The van der Waals surface area contributed by atoms with Gasteiger partial charge in [-0.15, -0.1) is 0 Å². The van der Waals surface area contributed by atoms with Crippen molar-refractivity contribution >= 4 is 11.7 Å². The van der Waals surface area contributed by atoms with Gasteiger partial charge in [-0.1, -0.05) is 6.92 Å². The molecule has 4 atom stereocenters. The highest BCUT2D eigenvalue weighted by molar-refractivity contribution is 5.79. The highest BCUT2D eigenvalue weighted by atomic mass is 19.4. The molecule has 2 saturated carbocycles. The van der Waals surface area contributed by atoms with Crippen LogP contribution < -0.4 is 10.2 Å². The molecule has 6 nitrogen and oxygen atoms in total. The van der Waals surface area contributed by atoms with Crippen LogP contribution in [0.3, 0.4) is 0 Å². The summed E-state index contributed by atoms with van der Waals surface area (Å²) in [7, 11) is 0. The summed E-state index contributed by atoms with van der Waals surface area (Å²) in [5.74, 6) is 0.882. The van der Waals surface area contributed by atoms with Crippen LogP contribution in [-0.2, 0) is 11.0 Å². The number of alkyl halides is 3. The normalized spacial score (nSPS) is 30.1. The zero-order chi connectivity index (χ0) is 23.6. The molecule has 2 N–H and O–H groups in total. The molecule has 0 spiro atoms. The summed E-state index contributed by atoms with van der Waals surface area (Å²) in [4.78, 5) is 20.9. The Kier molecular flexibility index (Phi) is 7.16. The van der Waals surface area contributed by atoms with Crippen LogP contribution in [0.5, 0.6) is 0 Å². The number of pyridine rings is 1. The molecule has 3 aliphatic rings. The van der Waals surface area contributed by atoms with Crippen LogP contribution in [0, 0.1) is 11.8 Å². The first-order valence-corrected chi connectivity index (χ1v) is 11.9. The van der Waals surface area contributed by atoms with Gasteiger partial charge in [-0.2, -0.15) is 13.2 Å². The predicted octanol–water partition coefficient (Wildman–Crippen LogP) is 4.14. The SMILES string of the molecule is CC1CCC/C(=C\O)C1NC1CCC(C(=O)N2CCN(c3cc(C(F)(F)F)ccn3)CC2)C1. The Balaban J connectivity index is 1.29. The number of hydrogen-bond donors (Lipinski definition) is 2. The minimum absolute atomic E-state index is 0.0267. The van der Waals surface area contributed by atoms with Crippen LogP contribution >= 0.6 is 0 Å². The molecular formula is C24H33F3N4O2. The second kappa shape index (κ2) is 9.91. The average molecular weight is 467 g/mol. The average Bonchev–Trinajstić information content (AvgIpc) is 3.28. The van der Waals surface area contributed by atoms with E-state index in [0.717, 1.165) is 56.2 Å². The number of rotatable bonds is 4. The van der Waals surface area contributed by atoms with Crippen molar-refractivity contribution < 1.29 is 23.1 Å². The lowest BCUT2D eigenvalue weighted by Gasteiger charge is -2.37. The number of carbonyl (C=O) groups excluding carboxylic acids is 1. The molecular weight excluding hydrogens is 433 g/mol. The zero-order valence-electron chi connectivity index (χ0n) is 19.0. The Labute approximate surface area is 192 Å². The molecule has 9 heteroatoms. The van der Waals surface area contributed by atoms with Crippen LogP contribution in [-0.4, -0.2) is 59.2 Å². The van der Waals surface area contributed by atoms with Gasteiger partial charge < -0.3 is 20.2 Å². The number of amides is 1. The largest absolute Gasteiger partial charge is 0.516 e. The third-order valence-corrected chi connectivity index (χ3v) is 7.44. The molecule has 1 aromatic heterocycles. The molecule has 182 valence electrons. The summed E-state index contributed by atoms with van der Waals surface area (Å²) in [5, 5.41) is 13.3. The van der Waals surface area contributed by atoms with Crippen molar-refractivity contribution in [3.05, 3.63) is 35.7 Å². The minimum Gasteiger partial charge on any atom is -0.516 e. The van der Waals surface area contributed by atoms with E-state index < -0.39 is 11.7 Å². The molecule has 1 saturated heterocycles. The van der Waals surface area contributed by atoms with Crippen LogP contribution in [0.2, 0.25) is 0 Å². The molecule has 0 aromatic carbocycles. The topological polar surface area (TPSA) is 68.7 Å². The molecule has 0 radical (unpaired) electrons. The number of anilines is 1. The van der Waals surface area contributed by atoms with Crippen molar-refractivity contribution in [3.8, 4) is 0 Å². The number of nitrogens with one attached hydrogen (secondary N) is 1. The van der Waals surface area contributed by atoms with E-state index in [4.69, 9.17) is 0 Å². The van der Waals surface area contributed by atoms with Crippen molar-refractivity contribution in [1.29, 1.82) is 0 Å². The van der Waals surface area contributed by atoms with Crippen LogP contribution in [0.1, 0.15) is 51.0 Å². The van der Waals surface area contributed by atoms with E-state index >= 15 is 0 Å². The Hall–Kier alpha value is -2.29. The van der Waals surface area contributed by atoms with Gasteiger partial charge in [0.05, 0.1) is 11.8 Å². The number of aliphatic hydroxyl groups excluding tert-OH is 1. The lowest BCUT2D eigenvalue weighted by Crippen LogP contribution is -2.50. The van der Waals surface area contributed by atoms with E-state index in [1.807, 2.05) is 9.80 Å². The molecule has 33 heavy (non-hydrogen) atoms. The highest BCUT2D eigenvalue weighted by Crippen LogP contribution is 2.34. The van der Waals surface area contributed by atoms with Crippen molar-refractivity contribution in [3.63, 3.8) is 0 Å². The Morgan fingerprint density at radius 3 is 2.67 bits per heavy atom. The molecule has 1 aromatic rings. The number of aliphatic hydroxyl groups is 1. The van der Waals surface area contributed by atoms with Gasteiger partial charge in [0.25, 0.3) is 0 Å². The Bertz CT molecular complexity index is 868. The van der Waals surface area contributed by atoms with E-state index in [1.54, 1.807) is 0 Å². The quantitative estimate of drug-likeness (QED) is 0.653. The van der Waals surface area contributed by atoms with E-state index in [-0.39, 0.29) is 23.9 Å². The number of halogens is 3. The van der Waals surface area contributed by atoms with Crippen LogP contribution in [0.25, 0.3) is 0 Å². The number of aromatic nitrogens is 1. The number of nitrogens with zero attached hydrogens (tertiary/aromatic N) is 3. The van der Waals surface area contributed by atoms with Gasteiger partial charge in [0, 0.05) is 50.4 Å². The van der Waals surface area contributed by atoms with Gasteiger partial charge >= 0.3 is 6.18 Å². The number of carbonyl (C=O) groups is 1. The number of piperazine rings is 1. The van der Waals surface area contributed by atoms with E-state index in [2.05, 4.69) is 17.2 Å². The van der Waals surface area contributed by atoms with E-state index in [9.17, 15) is 23.1 Å². The molecule has 3 fully saturated rings. The Morgan fingerprint density at radius 1 is 1.21 bits per heavy atom. The molecule has 2 aliphatic carbocycles. The molecule has 4 rings (SSSR count). The van der Waals surface area contributed by atoms with Gasteiger partial charge in [0.15, 0.2) is 0 Å². The second-order valence-corrected chi connectivity index (χ2v) is 9.64. The summed E-state index contributed by atoms with van der Waals surface area (Å²) >= 11 is 0. The maximum atomic E-state index is 13.1. The standard InChI is InChI=1S/C24H33F3N4O2/c1-16-3-2-4-18(15-32)22(16)29-20-6-5-17(13-20)23(33)31-11-9-30(10-12-31)21-14-19(7-8-28-21)24(25,26)27/h7-8,14-17,20,22,29,32H,2-6,9-13H2,1H3/b18-15+. The summed E-state index contributed by atoms with van der Waals surface area (Å²) in [6.07, 6.45) is 3.75. The zero-order valence-corrected chi connectivity index (χ0v) is 19.0. The smallest absolute Gasteiger partial charge is 0.416 e. The van der Waals surface area contributed by atoms with Gasteiger partial charge in [0.1, 0.15) is 5.82 Å². The van der Waals surface area contributed by atoms with Gasteiger partial charge in [-0.05, 0) is 62.1 Å². The first-order valence-electron chi connectivity index (χ1n) is 11.9. The highest BCUT2D eigenvalue weighted by Gasteiger charge is 2.37. The molecule has 1 aliphatic heterocycles. The third-order valence-electron chi connectivity index (χ3n) is 7.44. The molecule has 1 amide bonds. The molecule has 0 bridgehead atoms. The van der Waals surface area contributed by atoms with Gasteiger partial charge in [-0.3, -0.25) is 4.79 Å². The first kappa shape index (κ1) is 23.9. The summed E-state index contributed by atoms with van der Waals surface area (Å²) in [6, 6.07) is 2.48. The molecule has 2 heterocycles. The van der Waals surface area contributed by atoms with E-state index in [1.165, 1.54) is 12.5 Å². The summed E-state index contributed by atoms with van der Waals surface area (Å²) in [5.41, 5.74) is 0.352. The van der Waals surface area contributed by atoms with Crippen molar-refractivity contribution in [2.24, 2.45) is 11.8 Å². The maximum Gasteiger partial charge on any atom is 0.416 e. The van der Waals surface area contributed by atoms with Crippen LogP contribution in [0.4, 0.5) is 19.0 Å².